The van der Waals surface area contributed by atoms with E-state index >= 15 is 0 Å². The third kappa shape index (κ3) is 4.00. The first-order chi connectivity index (χ1) is 11.0. The number of fused-ring (bicyclic) bond motifs is 1. The van der Waals surface area contributed by atoms with Crippen molar-refractivity contribution in [3.63, 3.8) is 0 Å². The molecule has 2 aromatic carbocycles. The van der Waals surface area contributed by atoms with Crippen molar-refractivity contribution in [1.82, 2.24) is 5.32 Å². The van der Waals surface area contributed by atoms with Crippen LogP contribution in [0.1, 0.15) is 18.0 Å². The number of benzene rings is 2. The van der Waals surface area contributed by atoms with Gasteiger partial charge in [-0.1, -0.05) is 27.5 Å². The number of hydrogen-bond acceptors (Lipinski definition) is 2. The number of hydrogen-bond donors (Lipinski definition) is 2. The van der Waals surface area contributed by atoms with Crippen LogP contribution in [0, 0.1) is 5.82 Å². The van der Waals surface area contributed by atoms with Crippen molar-refractivity contribution in [1.29, 1.82) is 0 Å². The number of rotatable bonds is 2. The zero-order chi connectivity index (χ0) is 16.4. The Morgan fingerprint density at radius 3 is 2.91 bits per heavy atom. The van der Waals surface area contributed by atoms with Crippen molar-refractivity contribution in [2.24, 2.45) is 0 Å². The van der Waals surface area contributed by atoms with E-state index in [0.29, 0.717) is 10.7 Å². The number of carbonyl (C=O) groups excluding carboxylic acids is 1. The molecule has 0 fully saturated rings. The van der Waals surface area contributed by atoms with E-state index in [1.165, 1.54) is 12.1 Å². The van der Waals surface area contributed by atoms with Gasteiger partial charge in [0, 0.05) is 15.1 Å². The van der Waals surface area contributed by atoms with E-state index < -0.39 is 0 Å². The van der Waals surface area contributed by atoms with Gasteiger partial charge in [0.2, 0.25) is 0 Å². The Morgan fingerprint density at radius 2 is 2.13 bits per heavy atom. The molecule has 1 aliphatic rings. The van der Waals surface area contributed by atoms with Gasteiger partial charge in [-0.05, 0) is 48.4 Å². The Morgan fingerprint density at radius 1 is 1.30 bits per heavy atom. The Hall–Kier alpha value is -1.24. The zero-order valence-electron chi connectivity index (χ0n) is 11.9. The van der Waals surface area contributed by atoms with Crippen molar-refractivity contribution in [2.75, 3.05) is 11.1 Å². The molecule has 0 bridgehead atoms. The van der Waals surface area contributed by atoms with Gasteiger partial charge in [-0.25, -0.2) is 9.18 Å². The molecule has 2 aromatic rings. The third-order valence-corrected chi connectivity index (χ3v) is 5.42. The summed E-state index contributed by atoms with van der Waals surface area (Å²) in [5.74, 6) is 0.581. The molecule has 3 rings (SSSR count). The lowest BCUT2D eigenvalue weighted by Crippen LogP contribution is -2.34. The molecular formula is C16H13BrClFN2OS. The summed E-state index contributed by atoms with van der Waals surface area (Å²) in [6.07, 6.45) is 0.753. The van der Waals surface area contributed by atoms with Crippen LogP contribution in [0.15, 0.2) is 45.8 Å². The van der Waals surface area contributed by atoms with Crippen LogP contribution in [0.5, 0.6) is 0 Å². The first-order valence-corrected chi connectivity index (χ1v) is 9.13. The molecule has 3 nitrogen and oxygen atoms in total. The number of halogens is 3. The van der Waals surface area contributed by atoms with Crippen LogP contribution in [0.3, 0.4) is 0 Å². The van der Waals surface area contributed by atoms with Gasteiger partial charge in [0.15, 0.2) is 0 Å². The van der Waals surface area contributed by atoms with Gasteiger partial charge in [0.1, 0.15) is 5.82 Å². The lowest BCUT2D eigenvalue weighted by atomic mass is 10.0. The molecule has 1 atom stereocenters. The molecule has 120 valence electrons. The van der Waals surface area contributed by atoms with Crippen LogP contribution in [0.25, 0.3) is 0 Å². The molecule has 1 heterocycles. The first kappa shape index (κ1) is 16.6. The molecule has 0 radical (unpaired) electrons. The molecule has 7 heteroatoms. The van der Waals surface area contributed by atoms with Gasteiger partial charge >= 0.3 is 6.03 Å². The second-order valence-corrected chi connectivity index (χ2v) is 7.55. The second-order valence-electron chi connectivity index (χ2n) is 5.09. The summed E-state index contributed by atoms with van der Waals surface area (Å²) in [4.78, 5) is 13.2. The number of carbonyl (C=O) groups is 1. The van der Waals surface area contributed by atoms with Crippen molar-refractivity contribution in [3.05, 3.63) is 57.3 Å². The molecule has 1 aliphatic heterocycles. The Kier molecular flexibility index (Phi) is 5.14. The highest BCUT2D eigenvalue weighted by molar-refractivity contribution is 9.10. The number of nitrogens with one attached hydrogen (secondary N) is 2. The fourth-order valence-corrected chi connectivity index (χ4v) is 4.25. The Bertz CT molecular complexity index is 759. The van der Waals surface area contributed by atoms with Crippen LogP contribution in [-0.4, -0.2) is 11.8 Å². The predicted molar refractivity (Wildman–Crippen MR) is 95.8 cm³/mol. The molecule has 0 spiro atoms. The molecule has 0 aliphatic carbocycles. The minimum Gasteiger partial charge on any atom is -0.331 e. The number of amides is 2. The molecule has 0 saturated heterocycles. The molecular weight excluding hydrogens is 403 g/mol. The fraction of sp³-hybridized carbons (Fsp3) is 0.188. The number of urea groups is 1. The van der Waals surface area contributed by atoms with Crippen molar-refractivity contribution >= 4 is 51.0 Å². The van der Waals surface area contributed by atoms with Crippen LogP contribution in [-0.2, 0) is 0 Å². The van der Waals surface area contributed by atoms with E-state index in [0.717, 1.165) is 27.1 Å². The minimum absolute atomic E-state index is 0.212. The summed E-state index contributed by atoms with van der Waals surface area (Å²) in [5.41, 5.74) is 1.34. The normalized spacial score (nSPS) is 16.6. The molecule has 0 aromatic heterocycles. The highest BCUT2D eigenvalue weighted by Gasteiger charge is 2.23. The second kappa shape index (κ2) is 7.11. The van der Waals surface area contributed by atoms with Gasteiger partial charge in [-0.15, -0.1) is 11.8 Å². The topological polar surface area (TPSA) is 41.1 Å². The monoisotopic (exact) mass is 414 g/mol. The average molecular weight is 416 g/mol. The quantitative estimate of drug-likeness (QED) is 0.670. The van der Waals surface area contributed by atoms with Crippen molar-refractivity contribution < 1.29 is 9.18 Å². The molecule has 2 amide bonds. The smallest absolute Gasteiger partial charge is 0.319 e. The Labute approximate surface area is 151 Å². The zero-order valence-corrected chi connectivity index (χ0v) is 15.1. The summed E-state index contributed by atoms with van der Waals surface area (Å²) in [5, 5.41) is 6.06. The summed E-state index contributed by atoms with van der Waals surface area (Å²) >= 11 is 11.1. The van der Waals surface area contributed by atoms with E-state index in [1.807, 2.05) is 0 Å². The number of thioether (sulfide) groups is 1. The SMILES string of the molecule is O=C(Nc1ccc(Br)cc1Cl)NC1CCSc2ccc(F)cc21. The largest absolute Gasteiger partial charge is 0.331 e. The van der Waals surface area contributed by atoms with E-state index in [9.17, 15) is 9.18 Å². The van der Waals surface area contributed by atoms with Crippen molar-refractivity contribution in [2.45, 2.75) is 17.4 Å². The average Bonchev–Trinajstić information content (AvgIpc) is 2.51. The summed E-state index contributed by atoms with van der Waals surface area (Å²) < 4.78 is 14.3. The van der Waals surface area contributed by atoms with E-state index in [4.69, 9.17) is 11.6 Å². The van der Waals surface area contributed by atoms with Gasteiger partial charge in [0.25, 0.3) is 0 Å². The standard InChI is InChI=1S/C16H13BrClFN2OS/c17-9-1-3-14(12(18)7-9)21-16(22)20-13-5-6-23-15-4-2-10(19)8-11(13)15/h1-4,7-8,13H,5-6H2,(H2,20,21,22). The summed E-state index contributed by atoms with van der Waals surface area (Å²) in [7, 11) is 0. The maximum absolute atomic E-state index is 13.5. The first-order valence-electron chi connectivity index (χ1n) is 6.98. The van der Waals surface area contributed by atoms with Gasteiger partial charge in [0.05, 0.1) is 16.8 Å². The molecule has 0 saturated carbocycles. The fourth-order valence-electron chi connectivity index (χ4n) is 2.42. The van der Waals surface area contributed by atoms with Gasteiger partial charge < -0.3 is 10.6 Å². The maximum Gasteiger partial charge on any atom is 0.319 e. The van der Waals surface area contributed by atoms with Crippen LogP contribution < -0.4 is 10.6 Å². The van der Waals surface area contributed by atoms with E-state index in [-0.39, 0.29) is 17.9 Å². The summed E-state index contributed by atoms with van der Waals surface area (Å²) in [6, 6.07) is 9.33. The lowest BCUT2D eigenvalue weighted by Gasteiger charge is -2.26. The molecule has 23 heavy (non-hydrogen) atoms. The van der Waals surface area contributed by atoms with Crippen LogP contribution >= 0.6 is 39.3 Å². The lowest BCUT2D eigenvalue weighted by molar-refractivity contribution is 0.248. The van der Waals surface area contributed by atoms with Crippen LogP contribution in [0.2, 0.25) is 5.02 Å². The van der Waals surface area contributed by atoms with E-state index in [1.54, 1.807) is 36.0 Å². The van der Waals surface area contributed by atoms with Gasteiger partial charge in [-0.3, -0.25) is 0 Å². The van der Waals surface area contributed by atoms with E-state index in [2.05, 4.69) is 26.6 Å². The minimum atomic E-state index is -0.360. The maximum atomic E-state index is 13.5. The van der Waals surface area contributed by atoms with Crippen LogP contribution in [0.4, 0.5) is 14.9 Å². The summed E-state index contributed by atoms with van der Waals surface area (Å²) in [6.45, 7) is 0. The number of anilines is 1. The highest BCUT2D eigenvalue weighted by Crippen LogP contribution is 2.36. The predicted octanol–water partition coefficient (Wildman–Crippen LogP) is 5.60. The molecule has 1 unspecified atom stereocenters. The third-order valence-electron chi connectivity index (χ3n) is 3.50. The van der Waals surface area contributed by atoms with Crippen molar-refractivity contribution in [3.8, 4) is 0 Å². The molecule has 2 N–H and O–H groups in total. The highest BCUT2D eigenvalue weighted by atomic mass is 79.9. The van der Waals surface area contributed by atoms with Gasteiger partial charge in [-0.2, -0.15) is 0 Å². The Balaban J connectivity index is 1.73.